The molecule has 1 saturated heterocycles. The Hall–Kier alpha value is -1.05. The molecule has 0 saturated carbocycles. The summed E-state index contributed by atoms with van der Waals surface area (Å²) in [6.07, 6.45) is -3.52. The lowest BCUT2D eigenvalue weighted by atomic mass is 9.91. The third-order valence-electron chi connectivity index (χ3n) is 3.27. The van der Waals surface area contributed by atoms with Crippen LogP contribution in [-0.2, 0) is 10.9 Å². The maximum Gasteiger partial charge on any atom is 0.416 e. The zero-order valence-corrected chi connectivity index (χ0v) is 11.3. The number of nitrogens with zero attached hydrogens (tertiary/aromatic N) is 1. The highest BCUT2D eigenvalue weighted by Crippen LogP contribution is 2.33. The third-order valence-corrected chi connectivity index (χ3v) is 3.46. The summed E-state index contributed by atoms with van der Waals surface area (Å²) >= 11 is 5.62. The summed E-state index contributed by atoms with van der Waals surface area (Å²) in [5.41, 5.74) is -1.60. The maximum absolute atomic E-state index is 12.7. The number of alkyl halides is 3. The minimum Gasteiger partial charge on any atom is -0.394 e. The monoisotopic (exact) mass is 310 g/mol. The number of nitrogens with one attached hydrogen (secondary N) is 1. The summed E-state index contributed by atoms with van der Waals surface area (Å²) in [5.74, 6) is 0.000718. The zero-order chi connectivity index (χ0) is 14.8. The molecule has 0 unspecified atom stereocenters. The van der Waals surface area contributed by atoms with E-state index in [0.717, 1.165) is 12.1 Å². The lowest BCUT2D eigenvalue weighted by Gasteiger charge is -2.36. The van der Waals surface area contributed by atoms with Crippen molar-refractivity contribution in [3.63, 3.8) is 0 Å². The van der Waals surface area contributed by atoms with E-state index in [4.69, 9.17) is 16.3 Å². The number of anilines is 1. The Balaban J connectivity index is 2.26. The second kappa shape index (κ2) is 5.75. The fourth-order valence-electron chi connectivity index (χ4n) is 2.08. The average molecular weight is 311 g/mol. The Labute approximate surface area is 118 Å². The van der Waals surface area contributed by atoms with Crippen LogP contribution < -0.4 is 5.32 Å². The largest absolute Gasteiger partial charge is 0.416 e. The topological polar surface area (TPSA) is 54.4 Å². The van der Waals surface area contributed by atoms with Crippen LogP contribution in [0.25, 0.3) is 0 Å². The van der Waals surface area contributed by atoms with Crippen LogP contribution in [0.5, 0.6) is 0 Å². The van der Waals surface area contributed by atoms with Crippen LogP contribution in [0, 0.1) is 0 Å². The molecule has 1 aromatic rings. The quantitative estimate of drug-likeness (QED) is 0.843. The van der Waals surface area contributed by atoms with Crippen molar-refractivity contribution in [2.24, 2.45) is 0 Å². The van der Waals surface area contributed by atoms with Gasteiger partial charge in [0.15, 0.2) is 0 Å². The minimum atomic E-state index is -4.49. The minimum absolute atomic E-state index is 0.000718. The molecule has 0 atom stereocenters. The number of aromatic nitrogens is 1. The Bertz CT molecular complexity index is 476. The van der Waals surface area contributed by atoms with Crippen molar-refractivity contribution in [2.75, 3.05) is 25.1 Å². The van der Waals surface area contributed by atoms with Crippen molar-refractivity contribution in [3.05, 3.63) is 22.8 Å². The van der Waals surface area contributed by atoms with Gasteiger partial charge in [-0.15, -0.1) is 0 Å². The SMILES string of the molecule is OCC1(Nc2cc(C(F)(F)F)cc(Cl)n2)CCOCC1. The second-order valence-electron chi connectivity index (χ2n) is 4.74. The highest BCUT2D eigenvalue weighted by atomic mass is 35.5. The number of hydrogen-bond donors (Lipinski definition) is 2. The standard InChI is InChI=1S/C12H14ClF3N2O2/c13-9-5-8(12(14,15)16)6-10(17-9)18-11(7-19)1-3-20-4-2-11/h5-6,19H,1-4,7H2,(H,17,18). The van der Waals surface area contributed by atoms with Crippen LogP contribution in [0.1, 0.15) is 18.4 Å². The number of rotatable bonds is 3. The van der Waals surface area contributed by atoms with Gasteiger partial charge in [-0.1, -0.05) is 11.6 Å². The van der Waals surface area contributed by atoms with Crippen molar-refractivity contribution < 1.29 is 23.0 Å². The number of pyridine rings is 1. The molecule has 0 aliphatic carbocycles. The van der Waals surface area contributed by atoms with Gasteiger partial charge >= 0.3 is 6.18 Å². The molecule has 0 spiro atoms. The molecule has 1 aliphatic heterocycles. The fraction of sp³-hybridized carbons (Fsp3) is 0.583. The van der Waals surface area contributed by atoms with Gasteiger partial charge in [0.25, 0.3) is 0 Å². The molecule has 2 N–H and O–H groups in total. The van der Waals surface area contributed by atoms with E-state index in [1.807, 2.05) is 0 Å². The molecule has 112 valence electrons. The van der Waals surface area contributed by atoms with Crippen molar-refractivity contribution in [2.45, 2.75) is 24.6 Å². The van der Waals surface area contributed by atoms with Crippen LogP contribution in [0.2, 0.25) is 5.15 Å². The summed E-state index contributed by atoms with van der Waals surface area (Å²) < 4.78 is 43.3. The van der Waals surface area contributed by atoms with Gasteiger partial charge in [0, 0.05) is 13.2 Å². The van der Waals surface area contributed by atoms with Crippen LogP contribution in [0.4, 0.5) is 19.0 Å². The van der Waals surface area contributed by atoms with Crippen molar-refractivity contribution in [1.29, 1.82) is 0 Å². The van der Waals surface area contributed by atoms with E-state index in [0.29, 0.717) is 26.1 Å². The molecule has 0 radical (unpaired) electrons. The van der Waals surface area contributed by atoms with E-state index in [2.05, 4.69) is 10.3 Å². The predicted molar refractivity (Wildman–Crippen MR) is 67.7 cm³/mol. The van der Waals surface area contributed by atoms with E-state index in [9.17, 15) is 18.3 Å². The van der Waals surface area contributed by atoms with Crippen LogP contribution in [0.3, 0.4) is 0 Å². The molecule has 1 aromatic heterocycles. The average Bonchev–Trinajstić information content (AvgIpc) is 2.38. The first kappa shape index (κ1) is 15.3. The highest BCUT2D eigenvalue weighted by molar-refractivity contribution is 6.29. The molecule has 0 bridgehead atoms. The predicted octanol–water partition coefficient (Wildman–Crippen LogP) is 2.71. The smallest absolute Gasteiger partial charge is 0.394 e. The summed E-state index contributed by atoms with van der Waals surface area (Å²) in [7, 11) is 0. The fourth-order valence-corrected chi connectivity index (χ4v) is 2.29. The van der Waals surface area contributed by atoms with E-state index in [1.54, 1.807) is 0 Å². The normalized spacial score (nSPS) is 18.9. The van der Waals surface area contributed by atoms with Crippen molar-refractivity contribution in [3.8, 4) is 0 Å². The van der Waals surface area contributed by atoms with Crippen molar-refractivity contribution in [1.82, 2.24) is 4.98 Å². The second-order valence-corrected chi connectivity index (χ2v) is 5.12. The number of ether oxygens (including phenoxy) is 1. The van der Waals surface area contributed by atoms with Gasteiger partial charge in [-0.25, -0.2) is 4.98 Å². The van der Waals surface area contributed by atoms with Gasteiger partial charge in [-0.3, -0.25) is 0 Å². The van der Waals surface area contributed by atoms with E-state index in [1.165, 1.54) is 0 Å². The molecule has 4 nitrogen and oxygen atoms in total. The Morgan fingerprint density at radius 2 is 2.00 bits per heavy atom. The molecular formula is C12H14ClF3N2O2. The first-order chi connectivity index (χ1) is 9.35. The van der Waals surface area contributed by atoms with Gasteiger partial charge < -0.3 is 15.2 Å². The molecule has 2 rings (SSSR count). The van der Waals surface area contributed by atoms with Gasteiger partial charge in [0.05, 0.1) is 17.7 Å². The first-order valence-electron chi connectivity index (χ1n) is 6.06. The van der Waals surface area contributed by atoms with E-state index >= 15 is 0 Å². The number of aliphatic hydroxyl groups is 1. The number of hydrogen-bond acceptors (Lipinski definition) is 4. The maximum atomic E-state index is 12.7. The molecule has 20 heavy (non-hydrogen) atoms. The zero-order valence-electron chi connectivity index (χ0n) is 10.5. The summed E-state index contributed by atoms with van der Waals surface area (Å²) in [5, 5.41) is 12.1. The third kappa shape index (κ3) is 3.53. The van der Waals surface area contributed by atoms with Gasteiger partial charge in [-0.2, -0.15) is 13.2 Å². The summed E-state index contributed by atoms with van der Waals surface area (Å²) in [6.45, 7) is 0.645. The lowest BCUT2D eigenvalue weighted by molar-refractivity contribution is -0.137. The molecule has 0 amide bonds. The molecule has 1 fully saturated rings. The van der Waals surface area contributed by atoms with Crippen LogP contribution in [-0.4, -0.2) is 35.5 Å². The van der Waals surface area contributed by atoms with Gasteiger partial charge in [-0.05, 0) is 25.0 Å². The molecule has 1 aliphatic rings. The van der Waals surface area contributed by atoms with Crippen LogP contribution >= 0.6 is 11.6 Å². The highest BCUT2D eigenvalue weighted by Gasteiger charge is 2.35. The molecule has 2 heterocycles. The van der Waals surface area contributed by atoms with E-state index in [-0.39, 0.29) is 17.6 Å². The molecular weight excluding hydrogens is 297 g/mol. The Kier molecular flexibility index (Phi) is 4.41. The Morgan fingerprint density at radius 3 is 2.55 bits per heavy atom. The van der Waals surface area contributed by atoms with Crippen LogP contribution in [0.15, 0.2) is 12.1 Å². The summed E-state index contributed by atoms with van der Waals surface area (Å²) in [4.78, 5) is 3.84. The van der Waals surface area contributed by atoms with Crippen molar-refractivity contribution >= 4 is 17.4 Å². The number of aliphatic hydroxyl groups excluding tert-OH is 1. The van der Waals surface area contributed by atoms with E-state index < -0.39 is 17.3 Å². The lowest BCUT2D eigenvalue weighted by Crippen LogP contribution is -2.47. The summed E-state index contributed by atoms with van der Waals surface area (Å²) in [6, 6.07) is 1.65. The molecule has 0 aromatic carbocycles. The van der Waals surface area contributed by atoms with Gasteiger partial charge in [0.1, 0.15) is 11.0 Å². The first-order valence-corrected chi connectivity index (χ1v) is 6.44. The molecule has 8 heteroatoms. The van der Waals surface area contributed by atoms with Gasteiger partial charge in [0.2, 0.25) is 0 Å². The number of halogens is 4. The Morgan fingerprint density at radius 1 is 1.35 bits per heavy atom.